The van der Waals surface area contributed by atoms with Gasteiger partial charge in [0.15, 0.2) is 0 Å². The lowest BCUT2D eigenvalue weighted by Gasteiger charge is -2.35. The van der Waals surface area contributed by atoms with E-state index in [0.717, 1.165) is 0 Å². The largest absolute Gasteiger partial charge is 0.497 e. The summed E-state index contributed by atoms with van der Waals surface area (Å²) in [6.07, 6.45) is 1.72. The molecule has 0 saturated carbocycles. The van der Waals surface area contributed by atoms with Crippen LogP contribution in [0.3, 0.4) is 0 Å². The molecule has 1 aromatic rings. The minimum absolute atomic E-state index is 0.0361. The Hall–Kier alpha value is -2.57. The molecule has 1 N–H and O–H groups in total. The number of hydrogen-bond acceptors (Lipinski definition) is 4. The van der Waals surface area contributed by atoms with Crippen molar-refractivity contribution in [2.75, 3.05) is 26.7 Å². The number of piperidine rings is 1. The van der Waals surface area contributed by atoms with E-state index in [-0.39, 0.29) is 35.2 Å². The molecule has 2 heterocycles. The minimum atomic E-state index is -0.260. The first-order valence-corrected chi connectivity index (χ1v) is 10.2. The average molecular weight is 402 g/mol. The van der Waals surface area contributed by atoms with E-state index >= 15 is 0 Å². The summed E-state index contributed by atoms with van der Waals surface area (Å²) in [5.41, 5.74) is 0.304. The van der Waals surface area contributed by atoms with Crippen LogP contribution < -0.4 is 10.1 Å². The molecule has 2 aliphatic rings. The van der Waals surface area contributed by atoms with Crippen molar-refractivity contribution in [2.24, 2.45) is 5.92 Å². The summed E-state index contributed by atoms with van der Waals surface area (Å²) in [6.45, 7) is 7.68. The number of carbonyl (C=O) groups is 3. The number of hydrogen-bond donors (Lipinski definition) is 1. The van der Waals surface area contributed by atoms with Crippen LogP contribution in [0.15, 0.2) is 24.3 Å². The van der Waals surface area contributed by atoms with Gasteiger partial charge in [0.2, 0.25) is 11.8 Å². The molecule has 3 rings (SSSR count). The molecule has 29 heavy (non-hydrogen) atoms. The van der Waals surface area contributed by atoms with E-state index in [1.165, 1.54) is 0 Å². The maximum Gasteiger partial charge on any atom is 0.251 e. The van der Waals surface area contributed by atoms with Crippen molar-refractivity contribution < 1.29 is 19.1 Å². The molecule has 2 saturated heterocycles. The van der Waals surface area contributed by atoms with Crippen LogP contribution in [0.2, 0.25) is 0 Å². The average Bonchev–Trinajstić information content (AvgIpc) is 3.10. The highest BCUT2D eigenvalue weighted by Crippen LogP contribution is 2.28. The van der Waals surface area contributed by atoms with Gasteiger partial charge >= 0.3 is 0 Å². The normalized spacial score (nSPS) is 20.7. The van der Waals surface area contributed by atoms with E-state index < -0.39 is 0 Å². The van der Waals surface area contributed by atoms with E-state index in [1.54, 1.807) is 36.3 Å². The molecule has 0 aromatic heterocycles. The first kappa shape index (κ1) is 21.1. The molecule has 0 bridgehead atoms. The number of carbonyl (C=O) groups excluding carboxylic acids is 3. The van der Waals surface area contributed by atoms with Gasteiger partial charge in [0.25, 0.3) is 5.91 Å². The van der Waals surface area contributed by atoms with Gasteiger partial charge in [0.05, 0.1) is 13.0 Å². The van der Waals surface area contributed by atoms with Gasteiger partial charge < -0.3 is 19.9 Å². The Morgan fingerprint density at radius 2 is 1.86 bits per heavy atom. The van der Waals surface area contributed by atoms with Gasteiger partial charge in [-0.3, -0.25) is 14.4 Å². The lowest BCUT2D eigenvalue weighted by molar-refractivity contribution is -0.136. The topological polar surface area (TPSA) is 79.0 Å². The number of methoxy groups -OCH3 is 1. The van der Waals surface area contributed by atoms with Gasteiger partial charge in [-0.25, -0.2) is 0 Å². The van der Waals surface area contributed by atoms with E-state index in [2.05, 4.69) is 5.32 Å². The fourth-order valence-corrected chi connectivity index (χ4v) is 4.06. The van der Waals surface area contributed by atoms with Gasteiger partial charge in [-0.15, -0.1) is 0 Å². The predicted molar refractivity (Wildman–Crippen MR) is 110 cm³/mol. The highest BCUT2D eigenvalue weighted by atomic mass is 16.5. The first-order valence-electron chi connectivity index (χ1n) is 10.2. The van der Waals surface area contributed by atoms with Crippen molar-refractivity contribution in [3.8, 4) is 5.75 Å². The lowest BCUT2D eigenvalue weighted by atomic mass is 10.0. The number of benzene rings is 1. The second kappa shape index (κ2) is 8.43. The summed E-state index contributed by atoms with van der Waals surface area (Å²) in [5.74, 6) is 0.368. The van der Waals surface area contributed by atoms with Crippen LogP contribution in [0, 0.1) is 5.92 Å². The van der Waals surface area contributed by atoms with Gasteiger partial charge in [-0.2, -0.15) is 0 Å². The molecule has 2 aliphatic heterocycles. The molecule has 7 nitrogen and oxygen atoms in total. The van der Waals surface area contributed by atoms with Gasteiger partial charge in [0.1, 0.15) is 5.75 Å². The van der Waals surface area contributed by atoms with Crippen molar-refractivity contribution >= 4 is 17.7 Å². The molecule has 7 heteroatoms. The quantitative estimate of drug-likeness (QED) is 0.838. The SMILES string of the molecule is COc1cccc(C(=O)NC2CCN(C(=O)C3CC(=O)N(C(C)(C)C)C3)CC2)c1. The standard InChI is InChI=1S/C22H31N3O4/c1-22(2,3)25-14-16(13-19(25)26)21(28)24-10-8-17(9-11-24)23-20(27)15-6-5-7-18(12-15)29-4/h5-7,12,16-17H,8-11,13-14H2,1-4H3,(H,23,27). The Morgan fingerprint density at radius 3 is 2.45 bits per heavy atom. The Balaban J connectivity index is 1.51. The molecule has 1 unspecified atom stereocenters. The third kappa shape index (κ3) is 4.89. The number of likely N-dealkylation sites (tertiary alicyclic amines) is 2. The van der Waals surface area contributed by atoms with E-state index in [0.29, 0.717) is 50.2 Å². The van der Waals surface area contributed by atoms with E-state index in [4.69, 9.17) is 4.74 Å². The monoisotopic (exact) mass is 401 g/mol. The van der Waals surface area contributed by atoms with Gasteiger partial charge in [0, 0.05) is 43.2 Å². The van der Waals surface area contributed by atoms with Crippen molar-refractivity contribution in [1.29, 1.82) is 0 Å². The van der Waals surface area contributed by atoms with Crippen molar-refractivity contribution in [1.82, 2.24) is 15.1 Å². The number of rotatable bonds is 4. The summed E-state index contributed by atoms with van der Waals surface area (Å²) in [5, 5.41) is 3.05. The molecule has 0 spiro atoms. The zero-order valence-corrected chi connectivity index (χ0v) is 17.7. The zero-order valence-electron chi connectivity index (χ0n) is 17.7. The summed E-state index contributed by atoms with van der Waals surface area (Å²) in [6, 6.07) is 7.10. The maximum absolute atomic E-state index is 12.9. The number of ether oxygens (including phenoxy) is 1. The van der Waals surface area contributed by atoms with Crippen LogP contribution in [0.4, 0.5) is 0 Å². The Kier molecular flexibility index (Phi) is 6.15. The summed E-state index contributed by atoms with van der Waals surface area (Å²) < 4.78 is 5.17. The fourth-order valence-electron chi connectivity index (χ4n) is 4.06. The Labute approximate surface area is 172 Å². The highest BCUT2D eigenvalue weighted by molar-refractivity contribution is 5.94. The maximum atomic E-state index is 12.9. The van der Waals surface area contributed by atoms with Gasteiger partial charge in [-0.05, 0) is 51.8 Å². The number of amides is 3. The van der Waals surface area contributed by atoms with Crippen LogP contribution in [-0.4, -0.2) is 65.8 Å². The van der Waals surface area contributed by atoms with Crippen LogP contribution in [0.5, 0.6) is 5.75 Å². The van der Waals surface area contributed by atoms with Crippen molar-refractivity contribution in [2.45, 2.75) is 51.6 Å². The first-order chi connectivity index (χ1) is 13.7. The van der Waals surface area contributed by atoms with E-state index in [9.17, 15) is 14.4 Å². The molecular weight excluding hydrogens is 370 g/mol. The molecule has 0 radical (unpaired) electrons. The number of nitrogens with zero attached hydrogens (tertiary/aromatic N) is 2. The lowest BCUT2D eigenvalue weighted by Crippen LogP contribution is -2.48. The molecule has 3 amide bonds. The predicted octanol–water partition coefficient (Wildman–Crippen LogP) is 2.06. The highest BCUT2D eigenvalue weighted by Gasteiger charge is 2.41. The summed E-state index contributed by atoms with van der Waals surface area (Å²) in [7, 11) is 1.57. The van der Waals surface area contributed by atoms with Crippen molar-refractivity contribution in [3.63, 3.8) is 0 Å². The van der Waals surface area contributed by atoms with Crippen LogP contribution >= 0.6 is 0 Å². The second-order valence-corrected chi connectivity index (χ2v) is 8.88. The minimum Gasteiger partial charge on any atom is -0.497 e. The van der Waals surface area contributed by atoms with Crippen LogP contribution in [0.1, 0.15) is 50.4 Å². The molecule has 1 atom stereocenters. The van der Waals surface area contributed by atoms with Crippen LogP contribution in [-0.2, 0) is 9.59 Å². The number of nitrogens with one attached hydrogen (secondary N) is 1. The van der Waals surface area contributed by atoms with Crippen molar-refractivity contribution in [3.05, 3.63) is 29.8 Å². The fraction of sp³-hybridized carbons (Fsp3) is 0.591. The third-order valence-electron chi connectivity index (χ3n) is 5.76. The Morgan fingerprint density at radius 1 is 1.17 bits per heavy atom. The second-order valence-electron chi connectivity index (χ2n) is 8.88. The Bertz CT molecular complexity index is 779. The van der Waals surface area contributed by atoms with E-state index in [1.807, 2.05) is 25.7 Å². The van der Waals surface area contributed by atoms with Crippen LogP contribution in [0.25, 0.3) is 0 Å². The summed E-state index contributed by atoms with van der Waals surface area (Å²) in [4.78, 5) is 41.3. The smallest absolute Gasteiger partial charge is 0.251 e. The molecule has 1 aromatic carbocycles. The zero-order chi connectivity index (χ0) is 21.2. The molecule has 158 valence electrons. The molecule has 0 aliphatic carbocycles. The molecular formula is C22H31N3O4. The summed E-state index contributed by atoms with van der Waals surface area (Å²) >= 11 is 0. The third-order valence-corrected chi connectivity index (χ3v) is 5.76. The molecule has 2 fully saturated rings. The van der Waals surface area contributed by atoms with Gasteiger partial charge in [-0.1, -0.05) is 6.07 Å².